The van der Waals surface area contributed by atoms with Crippen LogP contribution in [-0.2, 0) is 16.0 Å². The Bertz CT molecular complexity index is 928. The van der Waals surface area contributed by atoms with Gasteiger partial charge in [0.1, 0.15) is 6.04 Å². The standard InChI is InChI=1S/C22H22BrN3O2/c1-2-14-4-10-17(11-5-14)26-21(27)18-19(15-6-8-16(23)9-7-15)24-12-3-13-25(24)20(18)22(26)28/h4-11,18-20H,2-3,12-13H2,1H3/t18-,19-,20-/m1/s1. The fraction of sp³-hybridized carbons (Fsp3) is 0.364. The Hall–Kier alpha value is -2.02. The number of amides is 2. The van der Waals surface area contributed by atoms with E-state index in [0.717, 1.165) is 36.0 Å². The zero-order valence-corrected chi connectivity index (χ0v) is 17.3. The highest BCUT2D eigenvalue weighted by Gasteiger charge is 2.62. The monoisotopic (exact) mass is 439 g/mol. The molecule has 2 aromatic carbocycles. The van der Waals surface area contributed by atoms with Crippen LogP contribution in [0, 0.1) is 5.92 Å². The lowest BCUT2D eigenvalue weighted by Gasteiger charge is -2.29. The molecule has 0 N–H and O–H groups in total. The van der Waals surface area contributed by atoms with Crippen molar-refractivity contribution in [3.63, 3.8) is 0 Å². The minimum absolute atomic E-state index is 0.0819. The summed E-state index contributed by atoms with van der Waals surface area (Å²) in [5, 5.41) is 4.38. The molecular weight excluding hydrogens is 418 g/mol. The van der Waals surface area contributed by atoms with E-state index in [2.05, 4.69) is 45.0 Å². The third-order valence-corrected chi connectivity index (χ3v) is 6.75. The molecule has 0 bridgehead atoms. The average molecular weight is 440 g/mol. The molecule has 0 aromatic heterocycles. The molecule has 5 nitrogen and oxygen atoms in total. The van der Waals surface area contributed by atoms with E-state index in [-0.39, 0.29) is 23.8 Å². The van der Waals surface area contributed by atoms with Crippen LogP contribution < -0.4 is 4.90 Å². The van der Waals surface area contributed by atoms with Gasteiger partial charge in [-0.1, -0.05) is 47.1 Å². The van der Waals surface area contributed by atoms with Gasteiger partial charge in [-0.15, -0.1) is 0 Å². The summed E-state index contributed by atoms with van der Waals surface area (Å²) in [6.07, 6.45) is 1.95. The van der Waals surface area contributed by atoms with E-state index >= 15 is 0 Å². The summed E-state index contributed by atoms with van der Waals surface area (Å²) >= 11 is 3.49. The maximum absolute atomic E-state index is 13.5. The van der Waals surface area contributed by atoms with Gasteiger partial charge in [-0.3, -0.25) is 9.59 Å². The number of nitrogens with zero attached hydrogens (tertiary/aromatic N) is 3. The van der Waals surface area contributed by atoms with Gasteiger partial charge in [0.2, 0.25) is 5.91 Å². The number of anilines is 1. The second kappa shape index (κ2) is 6.79. The van der Waals surface area contributed by atoms with Crippen LogP contribution in [0.4, 0.5) is 5.69 Å². The van der Waals surface area contributed by atoms with Crippen LogP contribution in [0.25, 0.3) is 0 Å². The van der Waals surface area contributed by atoms with Gasteiger partial charge in [-0.2, -0.15) is 0 Å². The van der Waals surface area contributed by atoms with Gasteiger partial charge < -0.3 is 0 Å². The topological polar surface area (TPSA) is 43.9 Å². The van der Waals surface area contributed by atoms with E-state index in [1.807, 2.05) is 36.4 Å². The molecule has 6 heteroatoms. The molecule has 0 aliphatic carbocycles. The highest BCUT2D eigenvalue weighted by Crippen LogP contribution is 2.48. The molecule has 3 saturated heterocycles. The van der Waals surface area contributed by atoms with Crippen LogP contribution in [0.15, 0.2) is 53.0 Å². The third-order valence-electron chi connectivity index (χ3n) is 6.22. The van der Waals surface area contributed by atoms with Gasteiger partial charge >= 0.3 is 0 Å². The minimum Gasteiger partial charge on any atom is -0.274 e. The SMILES string of the molecule is CCc1ccc(N2C(=O)[C@@H]3[C@@H](c4ccc(Br)cc4)N4CCCN4[C@H]3C2=O)cc1. The average Bonchev–Trinajstić information content (AvgIpc) is 3.35. The van der Waals surface area contributed by atoms with Gasteiger partial charge in [0.05, 0.1) is 17.6 Å². The Labute approximate surface area is 173 Å². The van der Waals surface area contributed by atoms with E-state index in [1.54, 1.807) is 0 Å². The third kappa shape index (κ3) is 2.59. The number of hydrogen-bond donors (Lipinski definition) is 0. The number of halogens is 1. The van der Waals surface area contributed by atoms with Gasteiger partial charge in [0.25, 0.3) is 5.91 Å². The van der Waals surface area contributed by atoms with E-state index in [1.165, 1.54) is 10.5 Å². The summed E-state index contributed by atoms with van der Waals surface area (Å²) in [6.45, 7) is 3.81. The van der Waals surface area contributed by atoms with E-state index in [9.17, 15) is 9.59 Å². The number of hydrazine groups is 1. The highest BCUT2D eigenvalue weighted by atomic mass is 79.9. The molecular formula is C22H22BrN3O2. The molecule has 3 heterocycles. The smallest absolute Gasteiger partial charge is 0.253 e. The number of rotatable bonds is 3. The van der Waals surface area contributed by atoms with Crippen molar-refractivity contribution in [1.29, 1.82) is 0 Å². The number of fused-ring (bicyclic) bond motifs is 3. The van der Waals surface area contributed by atoms with Crippen molar-refractivity contribution in [3.05, 3.63) is 64.1 Å². The predicted molar refractivity (Wildman–Crippen MR) is 111 cm³/mol. The Kier molecular flexibility index (Phi) is 4.38. The number of benzene rings is 2. The van der Waals surface area contributed by atoms with Crippen molar-refractivity contribution >= 4 is 33.4 Å². The van der Waals surface area contributed by atoms with Crippen LogP contribution in [-0.4, -0.2) is 41.0 Å². The maximum atomic E-state index is 13.5. The fourth-order valence-corrected chi connectivity index (χ4v) is 5.17. The lowest BCUT2D eigenvalue weighted by atomic mass is 9.90. The van der Waals surface area contributed by atoms with E-state index in [0.29, 0.717) is 5.69 Å². The zero-order chi connectivity index (χ0) is 19.4. The predicted octanol–water partition coefficient (Wildman–Crippen LogP) is 3.55. The lowest BCUT2D eigenvalue weighted by molar-refractivity contribution is -0.126. The molecule has 2 amide bonds. The molecule has 5 rings (SSSR count). The van der Waals surface area contributed by atoms with Gasteiger partial charge in [0.15, 0.2) is 0 Å². The molecule has 3 aliphatic rings. The number of aryl methyl sites for hydroxylation is 1. The van der Waals surface area contributed by atoms with Crippen molar-refractivity contribution in [2.75, 3.05) is 18.0 Å². The molecule has 0 spiro atoms. The van der Waals surface area contributed by atoms with Gasteiger partial charge in [-0.25, -0.2) is 14.9 Å². The van der Waals surface area contributed by atoms with Crippen molar-refractivity contribution in [1.82, 2.24) is 10.0 Å². The Morgan fingerprint density at radius 2 is 1.54 bits per heavy atom. The summed E-state index contributed by atoms with van der Waals surface area (Å²) < 4.78 is 1.01. The first-order chi connectivity index (χ1) is 13.6. The first-order valence-corrected chi connectivity index (χ1v) is 10.6. The van der Waals surface area contributed by atoms with Crippen LogP contribution in [0.5, 0.6) is 0 Å². The molecule has 3 aliphatic heterocycles. The Balaban J connectivity index is 1.55. The van der Waals surface area contributed by atoms with E-state index in [4.69, 9.17) is 0 Å². The number of carbonyl (C=O) groups excluding carboxylic acids is 2. The molecule has 28 heavy (non-hydrogen) atoms. The van der Waals surface area contributed by atoms with Crippen molar-refractivity contribution in [2.24, 2.45) is 5.92 Å². The largest absolute Gasteiger partial charge is 0.274 e. The molecule has 3 atom stereocenters. The van der Waals surface area contributed by atoms with Gasteiger partial charge in [-0.05, 0) is 48.2 Å². The minimum atomic E-state index is -0.394. The lowest BCUT2D eigenvalue weighted by Crippen LogP contribution is -2.44. The molecule has 3 fully saturated rings. The van der Waals surface area contributed by atoms with Crippen LogP contribution in [0.3, 0.4) is 0 Å². The first-order valence-electron chi connectivity index (χ1n) is 9.85. The quantitative estimate of drug-likeness (QED) is 0.685. The van der Waals surface area contributed by atoms with Crippen molar-refractivity contribution in [3.8, 4) is 0 Å². The summed E-state index contributed by atoms with van der Waals surface area (Å²) in [6, 6.07) is 15.4. The number of carbonyl (C=O) groups is 2. The van der Waals surface area contributed by atoms with Crippen molar-refractivity contribution in [2.45, 2.75) is 31.8 Å². The van der Waals surface area contributed by atoms with E-state index < -0.39 is 6.04 Å². The second-order valence-corrected chi connectivity index (χ2v) is 8.59. The highest BCUT2D eigenvalue weighted by molar-refractivity contribution is 9.10. The summed E-state index contributed by atoms with van der Waals surface area (Å²) in [4.78, 5) is 28.2. The summed E-state index contributed by atoms with van der Waals surface area (Å²) in [5.74, 6) is -0.535. The molecule has 144 valence electrons. The molecule has 0 radical (unpaired) electrons. The van der Waals surface area contributed by atoms with Crippen molar-refractivity contribution < 1.29 is 9.59 Å². The molecule has 0 saturated carbocycles. The second-order valence-electron chi connectivity index (χ2n) is 7.68. The van der Waals surface area contributed by atoms with Crippen LogP contribution in [0.1, 0.15) is 30.5 Å². The van der Waals surface area contributed by atoms with Crippen LogP contribution in [0.2, 0.25) is 0 Å². The molecule has 2 aromatic rings. The summed E-state index contributed by atoms with van der Waals surface area (Å²) in [5.41, 5.74) is 2.97. The Morgan fingerprint density at radius 3 is 2.18 bits per heavy atom. The number of hydrogen-bond acceptors (Lipinski definition) is 4. The fourth-order valence-electron chi connectivity index (χ4n) is 4.91. The molecule has 0 unspecified atom stereocenters. The van der Waals surface area contributed by atoms with Crippen LogP contribution >= 0.6 is 15.9 Å². The first kappa shape index (κ1) is 18.0. The zero-order valence-electron chi connectivity index (χ0n) is 15.7. The number of imide groups is 1. The Morgan fingerprint density at radius 1 is 0.893 bits per heavy atom. The summed E-state index contributed by atoms with van der Waals surface area (Å²) in [7, 11) is 0. The maximum Gasteiger partial charge on any atom is 0.253 e. The van der Waals surface area contributed by atoms with Gasteiger partial charge in [0, 0.05) is 17.6 Å². The normalized spacial score (nSPS) is 27.5.